The van der Waals surface area contributed by atoms with Crippen LogP contribution in [0.2, 0.25) is 0 Å². The van der Waals surface area contributed by atoms with Crippen molar-refractivity contribution < 1.29 is 9.53 Å². The molecule has 0 aliphatic rings. The summed E-state index contributed by atoms with van der Waals surface area (Å²) in [7, 11) is 0. The molecular weight excluding hydrogens is 262 g/mol. The average molecular weight is 277 g/mol. The van der Waals surface area contributed by atoms with Gasteiger partial charge in [-0.15, -0.1) is 0 Å². The van der Waals surface area contributed by atoms with Gasteiger partial charge in [-0.2, -0.15) is 0 Å². The van der Waals surface area contributed by atoms with Crippen LogP contribution in [0.3, 0.4) is 0 Å². The monoisotopic (exact) mass is 277 g/mol. The molecule has 0 unspecified atom stereocenters. The maximum Gasteiger partial charge on any atom is 0.159 e. The second kappa shape index (κ2) is 5.75. The van der Waals surface area contributed by atoms with Crippen LogP contribution in [0.15, 0.2) is 60.7 Å². The number of fused-ring (bicyclic) bond motifs is 1. The van der Waals surface area contributed by atoms with Crippen molar-refractivity contribution in [3.8, 4) is 5.75 Å². The van der Waals surface area contributed by atoms with E-state index >= 15 is 0 Å². The molecule has 2 aromatic carbocycles. The van der Waals surface area contributed by atoms with E-state index in [1.807, 2.05) is 36.4 Å². The fourth-order valence-electron chi connectivity index (χ4n) is 2.13. The molecular formula is C18H15NO2. The molecule has 0 fully saturated rings. The number of para-hydroxylation sites is 1. The minimum atomic E-state index is 0.0535. The van der Waals surface area contributed by atoms with Crippen LogP contribution in [0.4, 0.5) is 0 Å². The van der Waals surface area contributed by atoms with Gasteiger partial charge in [0.1, 0.15) is 12.4 Å². The number of hydrogen-bond donors (Lipinski definition) is 0. The van der Waals surface area contributed by atoms with E-state index in [0.29, 0.717) is 12.2 Å². The average Bonchev–Trinajstić information content (AvgIpc) is 2.53. The lowest BCUT2D eigenvalue weighted by atomic mass is 10.1. The van der Waals surface area contributed by atoms with Crippen LogP contribution in [-0.4, -0.2) is 10.8 Å². The molecule has 1 aromatic heterocycles. The molecule has 0 aliphatic heterocycles. The quantitative estimate of drug-likeness (QED) is 0.676. The highest BCUT2D eigenvalue weighted by atomic mass is 16.5. The molecule has 21 heavy (non-hydrogen) atoms. The largest absolute Gasteiger partial charge is 0.487 e. The molecule has 3 heteroatoms. The first-order chi connectivity index (χ1) is 10.2. The first kappa shape index (κ1) is 13.3. The zero-order valence-electron chi connectivity index (χ0n) is 11.7. The predicted molar refractivity (Wildman–Crippen MR) is 82.5 cm³/mol. The molecule has 0 spiro atoms. The molecule has 3 aromatic rings. The zero-order chi connectivity index (χ0) is 14.7. The van der Waals surface area contributed by atoms with Crippen molar-refractivity contribution in [3.63, 3.8) is 0 Å². The van der Waals surface area contributed by atoms with Crippen LogP contribution < -0.4 is 4.74 Å². The first-order valence-electron chi connectivity index (χ1n) is 6.81. The number of benzene rings is 2. The molecule has 0 bridgehead atoms. The van der Waals surface area contributed by atoms with E-state index in [-0.39, 0.29) is 5.78 Å². The summed E-state index contributed by atoms with van der Waals surface area (Å²) >= 11 is 0. The lowest BCUT2D eigenvalue weighted by Crippen LogP contribution is -1.99. The summed E-state index contributed by atoms with van der Waals surface area (Å²) < 4.78 is 5.70. The van der Waals surface area contributed by atoms with Gasteiger partial charge in [0.15, 0.2) is 5.78 Å². The molecule has 0 aliphatic carbocycles. The van der Waals surface area contributed by atoms with Crippen LogP contribution in [0.25, 0.3) is 10.9 Å². The van der Waals surface area contributed by atoms with E-state index < -0.39 is 0 Å². The van der Waals surface area contributed by atoms with E-state index in [2.05, 4.69) is 4.98 Å². The number of pyridine rings is 1. The Morgan fingerprint density at radius 2 is 1.76 bits per heavy atom. The maximum atomic E-state index is 11.2. The van der Waals surface area contributed by atoms with Gasteiger partial charge < -0.3 is 4.74 Å². The molecule has 0 radical (unpaired) electrons. The van der Waals surface area contributed by atoms with Crippen molar-refractivity contribution in [2.75, 3.05) is 0 Å². The summed E-state index contributed by atoms with van der Waals surface area (Å²) in [6.07, 6.45) is 0. The highest BCUT2D eigenvalue weighted by Crippen LogP contribution is 2.16. The first-order valence-corrected chi connectivity index (χ1v) is 6.81. The predicted octanol–water partition coefficient (Wildman–Crippen LogP) is 4.02. The minimum absolute atomic E-state index is 0.0535. The molecule has 104 valence electrons. The number of nitrogens with zero attached hydrogens (tertiary/aromatic N) is 1. The molecule has 3 nitrogen and oxygen atoms in total. The van der Waals surface area contributed by atoms with Crippen LogP contribution in [0, 0.1) is 0 Å². The number of rotatable bonds is 4. The second-order valence-electron chi connectivity index (χ2n) is 4.86. The maximum absolute atomic E-state index is 11.2. The summed E-state index contributed by atoms with van der Waals surface area (Å²) in [5.41, 5.74) is 2.53. The third-order valence-electron chi connectivity index (χ3n) is 3.30. The van der Waals surface area contributed by atoms with Crippen molar-refractivity contribution in [1.82, 2.24) is 4.98 Å². The Balaban J connectivity index is 1.72. The Morgan fingerprint density at radius 1 is 1.00 bits per heavy atom. The summed E-state index contributed by atoms with van der Waals surface area (Å²) in [4.78, 5) is 15.8. The molecule has 0 atom stereocenters. The summed E-state index contributed by atoms with van der Waals surface area (Å²) in [5.74, 6) is 0.785. The third-order valence-corrected chi connectivity index (χ3v) is 3.30. The van der Waals surface area contributed by atoms with Gasteiger partial charge in [0.2, 0.25) is 0 Å². The fourth-order valence-corrected chi connectivity index (χ4v) is 2.13. The van der Waals surface area contributed by atoms with Crippen molar-refractivity contribution in [2.45, 2.75) is 13.5 Å². The number of ketones is 1. The minimum Gasteiger partial charge on any atom is -0.487 e. The summed E-state index contributed by atoms with van der Waals surface area (Å²) in [5, 5.41) is 1.12. The van der Waals surface area contributed by atoms with Gasteiger partial charge in [-0.25, -0.2) is 4.98 Å². The van der Waals surface area contributed by atoms with Gasteiger partial charge in [0.05, 0.1) is 11.2 Å². The Bertz CT molecular complexity index is 779. The number of hydrogen-bond acceptors (Lipinski definition) is 3. The SMILES string of the molecule is CC(=O)c1ccc(OCc2ccc3ccccc3n2)cc1. The zero-order valence-corrected chi connectivity index (χ0v) is 11.7. The highest BCUT2D eigenvalue weighted by molar-refractivity contribution is 5.94. The molecule has 3 rings (SSSR count). The number of carbonyl (C=O) groups excluding carboxylic acids is 1. The summed E-state index contributed by atoms with van der Waals surface area (Å²) in [6, 6.07) is 19.1. The number of aromatic nitrogens is 1. The van der Waals surface area contributed by atoms with Crippen LogP contribution >= 0.6 is 0 Å². The van der Waals surface area contributed by atoms with E-state index in [4.69, 9.17) is 4.74 Å². The highest BCUT2D eigenvalue weighted by Gasteiger charge is 2.02. The van der Waals surface area contributed by atoms with E-state index in [1.54, 1.807) is 31.2 Å². The standard InChI is InChI=1S/C18H15NO2/c1-13(20)14-7-10-17(11-8-14)21-12-16-9-6-15-4-2-3-5-18(15)19-16/h2-11H,12H2,1H3. The van der Waals surface area contributed by atoms with E-state index in [9.17, 15) is 4.79 Å². The van der Waals surface area contributed by atoms with Crippen molar-refractivity contribution in [1.29, 1.82) is 0 Å². The number of Topliss-reactive ketones (excluding diaryl/α,β-unsaturated/α-hetero) is 1. The Morgan fingerprint density at radius 3 is 2.52 bits per heavy atom. The molecule has 1 heterocycles. The van der Waals surface area contributed by atoms with E-state index in [0.717, 1.165) is 22.3 Å². The van der Waals surface area contributed by atoms with E-state index in [1.165, 1.54) is 0 Å². The van der Waals surface area contributed by atoms with Crippen molar-refractivity contribution >= 4 is 16.7 Å². The molecule has 0 N–H and O–H groups in total. The Labute approximate surface area is 123 Å². The number of carbonyl (C=O) groups is 1. The lowest BCUT2D eigenvalue weighted by Gasteiger charge is -2.07. The Hall–Kier alpha value is -2.68. The van der Waals surface area contributed by atoms with Gasteiger partial charge in [-0.3, -0.25) is 4.79 Å². The Kier molecular flexibility index (Phi) is 3.65. The van der Waals surface area contributed by atoms with Crippen molar-refractivity contribution in [2.24, 2.45) is 0 Å². The smallest absolute Gasteiger partial charge is 0.159 e. The van der Waals surface area contributed by atoms with Gasteiger partial charge in [-0.05, 0) is 43.3 Å². The van der Waals surface area contributed by atoms with Crippen LogP contribution in [0.1, 0.15) is 23.0 Å². The third kappa shape index (κ3) is 3.08. The number of ether oxygens (including phenoxy) is 1. The van der Waals surface area contributed by atoms with Gasteiger partial charge in [0, 0.05) is 10.9 Å². The van der Waals surface area contributed by atoms with Gasteiger partial charge in [0.25, 0.3) is 0 Å². The van der Waals surface area contributed by atoms with Crippen molar-refractivity contribution in [3.05, 3.63) is 71.9 Å². The lowest BCUT2D eigenvalue weighted by molar-refractivity contribution is 0.101. The normalized spacial score (nSPS) is 10.5. The summed E-state index contributed by atoms with van der Waals surface area (Å²) in [6.45, 7) is 1.96. The van der Waals surface area contributed by atoms with Gasteiger partial charge >= 0.3 is 0 Å². The molecule has 0 amide bonds. The molecule has 0 saturated carbocycles. The topological polar surface area (TPSA) is 39.2 Å². The van der Waals surface area contributed by atoms with Crippen LogP contribution in [-0.2, 0) is 6.61 Å². The van der Waals surface area contributed by atoms with Crippen LogP contribution in [0.5, 0.6) is 5.75 Å². The molecule has 0 saturated heterocycles. The second-order valence-corrected chi connectivity index (χ2v) is 4.86. The fraction of sp³-hybridized carbons (Fsp3) is 0.111. The van der Waals surface area contributed by atoms with Gasteiger partial charge in [-0.1, -0.05) is 24.3 Å².